The molecule has 0 saturated carbocycles. The molecule has 0 fully saturated rings. The van der Waals surface area contributed by atoms with Crippen molar-refractivity contribution in [3.63, 3.8) is 0 Å². The molecule has 3 aromatic rings. The molecule has 0 radical (unpaired) electrons. The quantitative estimate of drug-likeness (QED) is 0.470. The predicted octanol–water partition coefficient (Wildman–Crippen LogP) is 4.60. The minimum absolute atomic E-state index is 0.170. The molecule has 0 unspecified atom stereocenters. The standard InChI is InChI=1S/C22H25ClN4O3S/c1-14-6-5-7-16(10-14)21-25-26-22(27(21)8-9-29-3)31-13-20(28)24-18-11-15(2)17(23)12-19(18)30-4/h5-7,10-12H,8-9,13H2,1-4H3,(H,24,28). The normalized spacial score (nSPS) is 10.9. The van der Waals surface area contributed by atoms with Crippen molar-refractivity contribution in [3.8, 4) is 17.1 Å². The molecule has 0 bridgehead atoms. The zero-order valence-electron chi connectivity index (χ0n) is 17.9. The van der Waals surface area contributed by atoms with E-state index in [4.69, 9.17) is 21.1 Å². The van der Waals surface area contributed by atoms with Gasteiger partial charge in [0.25, 0.3) is 0 Å². The number of aryl methyl sites for hydroxylation is 2. The van der Waals surface area contributed by atoms with Gasteiger partial charge in [-0.05, 0) is 31.5 Å². The van der Waals surface area contributed by atoms with Crippen LogP contribution in [-0.4, -0.2) is 47.3 Å². The summed E-state index contributed by atoms with van der Waals surface area (Å²) in [4.78, 5) is 12.6. The third-order valence-corrected chi connectivity index (χ3v) is 5.97. The monoisotopic (exact) mass is 460 g/mol. The van der Waals surface area contributed by atoms with E-state index < -0.39 is 0 Å². The van der Waals surface area contributed by atoms with Gasteiger partial charge in [-0.3, -0.25) is 9.36 Å². The topological polar surface area (TPSA) is 78.3 Å². The highest BCUT2D eigenvalue weighted by atomic mass is 35.5. The fourth-order valence-corrected chi connectivity index (χ4v) is 3.94. The maximum absolute atomic E-state index is 12.6. The number of rotatable bonds is 9. The van der Waals surface area contributed by atoms with Gasteiger partial charge < -0.3 is 14.8 Å². The maximum atomic E-state index is 12.6. The first-order chi connectivity index (χ1) is 14.9. The summed E-state index contributed by atoms with van der Waals surface area (Å²) in [6.45, 7) is 5.00. The summed E-state index contributed by atoms with van der Waals surface area (Å²) >= 11 is 7.46. The number of aromatic nitrogens is 3. The molecule has 2 aromatic carbocycles. The molecular formula is C22H25ClN4O3S. The Labute approximate surface area is 191 Å². The molecular weight excluding hydrogens is 436 g/mol. The van der Waals surface area contributed by atoms with E-state index in [9.17, 15) is 4.79 Å². The highest BCUT2D eigenvalue weighted by Crippen LogP contribution is 2.31. The predicted molar refractivity (Wildman–Crippen MR) is 124 cm³/mol. The molecule has 164 valence electrons. The van der Waals surface area contributed by atoms with E-state index in [0.29, 0.717) is 34.8 Å². The van der Waals surface area contributed by atoms with Crippen molar-refractivity contribution >= 4 is 35.0 Å². The number of hydrogen-bond donors (Lipinski definition) is 1. The van der Waals surface area contributed by atoms with Crippen LogP contribution in [0, 0.1) is 13.8 Å². The SMILES string of the molecule is COCCn1c(SCC(=O)Nc2cc(C)c(Cl)cc2OC)nnc1-c1cccc(C)c1. The van der Waals surface area contributed by atoms with Crippen molar-refractivity contribution < 1.29 is 14.3 Å². The van der Waals surface area contributed by atoms with Crippen LogP contribution in [-0.2, 0) is 16.1 Å². The van der Waals surface area contributed by atoms with E-state index in [2.05, 4.69) is 21.6 Å². The number of carbonyl (C=O) groups excluding carboxylic acids is 1. The van der Waals surface area contributed by atoms with E-state index in [1.807, 2.05) is 36.6 Å². The molecule has 0 saturated heterocycles. The van der Waals surface area contributed by atoms with Gasteiger partial charge in [0, 0.05) is 23.8 Å². The summed E-state index contributed by atoms with van der Waals surface area (Å²) < 4.78 is 12.5. The Balaban J connectivity index is 1.75. The Morgan fingerprint density at radius 2 is 2.00 bits per heavy atom. The molecule has 1 amide bonds. The van der Waals surface area contributed by atoms with Crippen molar-refractivity contribution in [2.24, 2.45) is 0 Å². The maximum Gasteiger partial charge on any atom is 0.234 e. The van der Waals surface area contributed by atoms with E-state index >= 15 is 0 Å². The van der Waals surface area contributed by atoms with Crippen molar-refractivity contribution in [1.82, 2.24) is 14.8 Å². The third kappa shape index (κ3) is 5.78. The van der Waals surface area contributed by atoms with Gasteiger partial charge in [-0.15, -0.1) is 10.2 Å². The average Bonchev–Trinajstić information content (AvgIpc) is 3.16. The molecule has 1 heterocycles. The average molecular weight is 461 g/mol. The van der Waals surface area contributed by atoms with Gasteiger partial charge in [0.1, 0.15) is 5.75 Å². The molecule has 0 spiro atoms. The highest BCUT2D eigenvalue weighted by molar-refractivity contribution is 7.99. The summed E-state index contributed by atoms with van der Waals surface area (Å²) in [5.74, 6) is 1.25. The largest absolute Gasteiger partial charge is 0.495 e. The lowest BCUT2D eigenvalue weighted by molar-refractivity contribution is -0.113. The van der Waals surface area contributed by atoms with Crippen LogP contribution < -0.4 is 10.1 Å². The Bertz CT molecular complexity index is 1070. The van der Waals surface area contributed by atoms with Gasteiger partial charge >= 0.3 is 0 Å². The van der Waals surface area contributed by atoms with E-state index in [1.165, 1.54) is 18.9 Å². The number of halogens is 1. The number of thioether (sulfide) groups is 1. The number of carbonyl (C=O) groups is 1. The number of methoxy groups -OCH3 is 2. The number of nitrogens with zero attached hydrogens (tertiary/aromatic N) is 3. The molecule has 0 atom stereocenters. The number of amides is 1. The number of benzene rings is 2. The minimum atomic E-state index is -0.177. The number of anilines is 1. The minimum Gasteiger partial charge on any atom is -0.495 e. The Morgan fingerprint density at radius 1 is 1.19 bits per heavy atom. The van der Waals surface area contributed by atoms with Crippen LogP contribution in [0.1, 0.15) is 11.1 Å². The summed E-state index contributed by atoms with van der Waals surface area (Å²) in [5, 5.41) is 12.8. The lowest BCUT2D eigenvalue weighted by Crippen LogP contribution is -2.16. The first kappa shape index (κ1) is 23.1. The smallest absolute Gasteiger partial charge is 0.234 e. The van der Waals surface area contributed by atoms with E-state index in [-0.39, 0.29) is 11.7 Å². The fourth-order valence-electron chi connectivity index (χ4n) is 3.02. The first-order valence-corrected chi connectivity index (χ1v) is 11.0. The summed E-state index contributed by atoms with van der Waals surface area (Å²) in [5.41, 5.74) is 3.55. The van der Waals surface area contributed by atoms with E-state index in [0.717, 1.165) is 22.5 Å². The Kier molecular flexibility index (Phi) is 7.95. The second kappa shape index (κ2) is 10.7. The molecule has 9 heteroatoms. The molecule has 1 N–H and O–H groups in total. The van der Waals surface area contributed by atoms with Crippen LogP contribution in [0.15, 0.2) is 41.6 Å². The van der Waals surface area contributed by atoms with Crippen molar-refractivity contribution in [2.45, 2.75) is 25.5 Å². The zero-order valence-corrected chi connectivity index (χ0v) is 19.5. The molecule has 7 nitrogen and oxygen atoms in total. The molecule has 1 aromatic heterocycles. The molecule has 3 rings (SSSR count). The fraction of sp³-hybridized carbons (Fsp3) is 0.318. The molecule has 0 aliphatic rings. The van der Waals surface area contributed by atoms with Gasteiger partial charge in [0.05, 0.1) is 31.7 Å². The Morgan fingerprint density at radius 3 is 2.71 bits per heavy atom. The molecule has 0 aliphatic carbocycles. The van der Waals surface area contributed by atoms with Gasteiger partial charge in [0.2, 0.25) is 5.91 Å². The number of nitrogens with one attached hydrogen (secondary N) is 1. The van der Waals surface area contributed by atoms with Crippen LogP contribution in [0.25, 0.3) is 11.4 Å². The Hall–Kier alpha value is -2.55. The summed E-state index contributed by atoms with van der Waals surface area (Å²) in [6.07, 6.45) is 0. The second-order valence-corrected chi connectivity index (χ2v) is 8.31. The highest BCUT2D eigenvalue weighted by Gasteiger charge is 2.17. The number of ether oxygens (including phenoxy) is 2. The van der Waals surface area contributed by atoms with Crippen LogP contribution in [0.5, 0.6) is 5.75 Å². The molecule has 0 aliphatic heterocycles. The van der Waals surface area contributed by atoms with Crippen LogP contribution in [0.2, 0.25) is 5.02 Å². The van der Waals surface area contributed by atoms with Crippen molar-refractivity contribution in [3.05, 3.63) is 52.5 Å². The lowest BCUT2D eigenvalue weighted by atomic mass is 10.1. The zero-order chi connectivity index (χ0) is 22.4. The van der Waals surface area contributed by atoms with Gasteiger partial charge in [-0.1, -0.05) is 47.1 Å². The third-order valence-electron chi connectivity index (χ3n) is 4.60. The van der Waals surface area contributed by atoms with Crippen LogP contribution in [0.3, 0.4) is 0 Å². The van der Waals surface area contributed by atoms with Crippen LogP contribution >= 0.6 is 23.4 Å². The van der Waals surface area contributed by atoms with Gasteiger partial charge in [-0.25, -0.2) is 0 Å². The first-order valence-electron chi connectivity index (χ1n) is 9.69. The van der Waals surface area contributed by atoms with Crippen molar-refractivity contribution in [2.75, 3.05) is 31.9 Å². The van der Waals surface area contributed by atoms with Crippen molar-refractivity contribution in [1.29, 1.82) is 0 Å². The number of hydrogen-bond acceptors (Lipinski definition) is 6. The van der Waals surface area contributed by atoms with Gasteiger partial charge in [-0.2, -0.15) is 0 Å². The second-order valence-electron chi connectivity index (χ2n) is 6.96. The molecule has 31 heavy (non-hydrogen) atoms. The van der Waals surface area contributed by atoms with Gasteiger partial charge in [0.15, 0.2) is 11.0 Å². The van der Waals surface area contributed by atoms with E-state index in [1.54, 1.807) is 19.2 Å². The lowest BCUT2D eigenvalue weighted by Gasteiger charge is -2.13. The summed E-state index contributed by atoms with van der Waals surface area (Å²) in [6, 6.07) is 11.6. The summed E-state index contributed by atoms with van der Waals surface area (Å²) in [7, 11) is 3.19. The van der Waals surface area contributed by atoms with Crippen LogP contribution in [0.4, 0.5) is 5.69 Å².